The Labute approximate surface area is 150 Å². The number of fused-ring (bicyclic) bond motifs is 1. The van der Waals surface area contributed by atoms with Crippen LogP contribution in [0.1, 0.15) is 49.0 Å². The van der Waals surface area contributed by atoms with E-state index in [-0.39, 0.29) is 5.91 Å². The summed E-state index contributed by atoms with van der Waals surface area (Å²) in [6.07, 6.45) is 4.28. The van der Waals surface area contributed by atoms with Crippen LogP contribution in [0.5, 0.6) is 5.75 Å². The largest absolute Gasteiger partial charge is 0.493 e. The van der Waals surface area contributed by atoms with Gasteiger partial charge in [-0.2, -0.15) is 0 Å². The number of amides is 1. The van der Waals surface area contributed by atoms with Gasteiger partial charge in [-0.3, -0.25) is 15.6 Å². The second-order valence-corrected chi connectivity index (χ2v) is 8.03. The van der Waals surface area contributed by atoms with E-state index in [1.807, 2.05) is 23.1 Å². The first kappa shape index (κ1) is 16.9. The van der Waals surface area contributed by atoms with Gasteiger partial charge in [0.2, 0.25) is 0 Å². The molecule has 2 fully saturated rings. The molecule has 3 aliphatic rings. The van der Waals surface area contributed by atoms with Crippen molar-refractivity contribution in [3.63, 3.8) is 0 Å². The highest BCUT2D eigenvalue weighted by atomic mass is 16.5. The molecular formula is C20H29N3O2. The standard InChI is InChI=1S/C20H29N3O2/c1-13(2)17-12-18(22-21-17)14-5-8-23(9-6-14)20(24)16-3-4-19-15(11-16)7-10-25-19/h3-4,11,13-14,17-18,21-22H,5-10,12H2,1-2H3. The van der Waals surface area contributed by atoms with Crippen molar-refractivity contribution in [3.05, 3.63) is 29.3 Å². The third-order valence-electron chi connectivity index (χ3n) is 6.10. The van der Waals surface area contributed by atoms with Gasteiger partial charge in [0.25, 0.3) is 5.91 Å². The molecule has 2 atom stereocenters. The summed E-state index contributed by atoms with van der Waals surface area (Å²) >= 11 is 0. The number of rotatable bonds is 3. The van der Waals surface area contributed by atoms with Crippen LogP contribution < -0.4 is 15.6 Å². The number of benzene rings is 1. The van der Waals surface area contributed by atoms with E-state index < -0.39 is 0 Å². The van der Waals surface area contributed by atoms with E-state index in [0.29, 0.717) is 23.9 Å². The van der Waals surface area contributed by atoms with Crippen molar-refractivity contribution in [3.8, 4) is 5.75 Å². The predicted octanol–water partition coefficient (Wildman–Crippen LogP) is 2.36. The maximum absolute atomic E-state index is 12.8. The number of carbonyl (C=O) groups excluding carboxylic acids is 1. The lowest BCUT2D eigenvalue weighted by molar-refractivity contribution is 0.0673. The first-order valence-electron chi connectivity index (χ1n) is 9.68. The zero-order valence-corrected chi connectivity index (χ0v) is 15.3. The third kappa shape index (κ3) is 3.40. The summed E-state index contributed by atoms with van der Waals surface area (Å²) in [7, 11) is 0. The van der Waals surface area contributed by atoms with Crippen LogP contribution >= 0.6 is 0 Å². The predicted molar refractivity (Wildman–Crippen MR) is 97.6 cm³/mol. The molecule has 1 amide bonds. The van der Waals surface area contributed by atoms with Crippen molar-refractivity contribution >= 4 is 5.91 Å². The Morgan fingerprint density at radius 1 is 1.24 bits per heavy atom. The summed E-state index contributed by atoms with van der Waals surface area (Å²) in [6.45, 7) is 7.00. The van der Waals surface area contributed by atoms with Gasteiger partial charge in [0.05, 0.1) is 6.61 Å². The number of hydrogen-bond donors (Lipinski definition) is 2. The second-order valence-electron chi connectivity index (χ2n) is 8.03. The molecule has 1 aromatic rings. The number of nitrogens with zero attached hydrogens (tertiary/aromatic N) is 1. The number of hydrazine groups is 1. The van der Waals surface area contributed by atoms with Gasteiger partial charge >= 0.3 is 0 Å². The molecule has 0 spiro atoms. The Balaban J connectivity index is 1.33. The number of piperidine rings is 1. The quantitative estimate of drug-likeness (QED) is 0.885. The van der Waals surface area contributed by atoms with Gasteiger partial charge in [0.15, 0.2) is 0 Å². The Kier molecular flexibility index (Phi) is 4.69. The Hall–Kier alpha value is -1.59. The molecule has 5 nitrogen and oxygen atoms in total. The highest BCUT2D eigenvalue weighted by molar-refractivity contribution is 5.94. The SMILES string of the molecule is CC(C)C1CC(C2CCN(C(=O)c3ccc4c(c3)CCO4)CC2)NN1. The van der Waals surface area contributed by atoms with E-state index in [1.54, 1.807) is 0 Å². The lowest BCUT2D eigenvalue weighted by Gasteiger charge is -2.34. The number of carbonyl (C=O) groups is 1. The van der Waals surface area contributed by atoms with Crippen LogP contribution in [-0.2, 0) is 6.42 Å². The van der Waals surface area contributed by atoms with Gasteiger partial charge in [-0.1, -0.05) is 13.8 Å². The molecule has 0 aromatic heterocycles. The fraction of sp³-hybridized carbons (Fsp3) is 0.650. The molecule has 2 N–H and O–H groups in total. The zero-order valence-electron chi connectivity index (χ0n) is 15.3. The van der Waals surface area contributed by atoms with E-state index in [2.05, 4.69) is 24.7 Å². The first-order chi connectivity index (χ1) is 12.1. The summed E-state index contributed by atoms with van der Waals surface area (Å²) in [5, 5.41) is 0. The van der Waals surface area contributed by atoms with Gasteiger partial charge in [-0.15, -0.1) is 0 Å². The molecule has 136 valence electrons. The van der Waals surface area contributed by atoms with Gasteiger partial charge < -0.3 is 9.64 Å². The first-order valence-corrected chi connectivity index (χ1v) is 9.68. The molecule has 4 rings (SSSR count). The molecule has 2 saturated heterocycles. The van der Waals surface area contributed by atoms with Gasteiger partial charge in [-0.05, 0) is 54.9 Å². The average Bonchev–Trinajstić information content (AvgIpc) is 3.30. The summed E-state index contributed by atoms with van der Waals surface area (Å²) < 4.78 is 5.54. The van der Waals surface area contributed by atoms with Gasteiger partial charge in [-0.25, -0.2) is 0 Å². The summed E-state index contributed by atoms with van der Waals surface area (Å²) in [5.41, 5.74) is 8.92. The maximum Gasteiger partial charge on any atom is 0.253 e. The van der Waals surface area contributed by atoms with Crippen LogP contribution in [0.2, 0.25) is 0 Å². The molecule has 0 saturated carbocycles. The van der Waals surface area contributed by atoms with Crippen LogP contribution in [0, 0.1) is 11.8 Å². The average molecular weight is 343 g/mol. The normalized spacial score (nSPS) is 26.8. The molecule has 3 aliphatic heterocycles. The van der Waals surface area contributed by atoms with Crippen molar-refractivity contribution in [2.75, 3.05) is 19.7 Å². The van der Waals surface area contributed by atoms with Crippen LogP contribution in [0.4, 0.5) is 0 Å². The summed E-state index contributed by atoms with van der Waals surface area (Å²) in [5.74, 6) is 2.43. The minimum atomic E-state index is 0.172. The summed E-state index contributed by atoms with van der Waals surface area (Å²) in [6, 6.07) is 6.99. The topological polar surface area (TPSA) is 53.6 Å². The van der Waals surface area contributed by atoms with Crippen molar-refractivity contribution in [1.29, 1.82) is 0 Å². The number of nitrogens with one attached hydrogen (secondary N) is 2. The number of likely N-dealkylation sites (tertiary alicyclic amines) is 1. The van der Waals surface area contributed by atoms with E-state index >= 15 is 0 Å². The highest BCUT2D eigenvalue weighted by Gasteiger charge is 2.34. The fourth-order valence-electron chi connectivity index (χ4n) is 4.36. The smallest absolute Gasteiger partial charge is 0.253 e. The molecule has 0 bridgehead atoms. The summed E-state index contributed by atoms with van der Waals surface area (Å²) in [4.78, 5) is 14.9. The van der Waals surface area contributed by atoms with Crippen molar-refractivity contribution in [2.45, 2.75) is 51.6 Å². The lowest BCUT2D eigenvalue weighted by Crippen LogP contribution is -2.44. The van der Waals surface area contributed by atoms with E-state index in [9.17, 15) is 4.79 Å². The second kappa shape index (κ2) is 6.96. The Bertz CT molecular complexity index is 638. The Morgan fingerprint density at radius 3 is 2.76 bits per heavy atom. The fourth-order valence-corrected chi connectivity index (χ4v) is 4.36. The van der Waals surface area contributed by atoms with Crippen molar-refractivity contribution in [1.82, 2.24) is 15.8 Å². The molecule has 0 aliphatic carbocycles. The van der Waals surface area contributed by atoms with Crippen LogP contribution in [-0.4, -0.2) is 42.6 Å². The molecule has 2 unspecified atom stereocenters. The minimum absolute atomic E-state index is 0.172. The number of ether oxygens (including phenoxy) is 1. The molecule has 3 heterocycles. The zero-order chi connectivity index (χ0) is 17.4. The minimum Gasteiger partial charge on any atom is -0.493 e. The van der Waals surface area contributed by atoms with Gasteiger partial charge in [0.1, 0.15) is 5.75 Å². The van der Waals surface area contributed by atoms with Crippen molar-refractivity contribution < 1.29 is 9.53 Å². The van der Waals surface area contributed by atoms with Gasteiger partial charge in [0, 0.05) is 37.2 Å². The van der Waals surface area contributed by atoms with E-state index in [4.69, 9.17) is 4.74 Å². The lowest BCUT2D eigenvalue weighted by atomic mass is 9.85. The van der Waals surface area contributed by atoms with E-state index in [1.165, 1.54) is 12.0 Å². The van der Waals surface area contributed by atoms with E-state index in [0.717, 1.165) is 50.3 Å². The Morgan fingerprint density at radius 2 is 2.04 bits per heavy atom. The molecule has 5 heteroatoms. The van der Waals surface area contributed by atoms with Crippen molar-refractivity contribution in [2.24, 2.45) is 11.8 Å². The number of hydrogen-bond acceptors (Lipinski definition) is 4. The van der Waals surface area contributed by atoms with Crippen LogP contribution in [0.3, 0.4) is 0 Å². The molecular weight excluding hydrogens is 314 g/mol. The van der Waals surface area contributed by atoms with Crippen LogP contribution in [0.15, 0.2) is 18.2 Å². The highest BCUT2D eigenvalue weighted by Crippen LogP contribution is 2.29. The monoisotopic (exact) mass is 343 g/mol. The maximum atomic E-state index is 12.8. The third-order valence-corrected chi connectivity index (χ3v) is 6.10. The van der Waals surface area contributed by atoms with Crippen LogP contribution in [0.25, 0.3) is 0 Å². The molecule has 25 heavy (non-hydrogen) atoms. The molecule has 1 aromatic carbocycles. The molecule has 0 radical (unpaired) electrons.